The molecule has 0 amide bonds. The number of likely N-dealkylation sites (N-methyl/N-ethyl adjacent to an activating group) is 1. The van der Waals surface area contributed by atoms with E-state index in [0.717, 1.165) is 39.3 Å². The van der Waals surface area contributed by atoms with Crippen LogP contribution in [-0.4, -0.2) is 60.3 Å². The van der Waals surface area contributed by atoms with Gasteiger partial charge >= 0.3 is 0 Å². The molecule has 1 N–H and O–H groups in total. The highest BCUT2D eigenvalue weighted by Gasteiger charge is 2.22. The van der Waals surface area contributed by atoms with Gasteiger partial charge in [-0.2, -0.15) is 0 Å². The molecule has 0 bridgehead atoms. The van der Waals surface area contributed by atoms with E-state index < -0.39 is 0 Å². The minimum atomic E-state index is -0.224. The summed E-state index contributed by atoms with van der Waals surface area (Å²) in [6.45, 7) is 10.2. The number of likely N-dealkylation sites (tertiary alicyclic amines) is 1. The Morgan fingerprint density at radius 3 is 2.17 bits per heavy atom. The van der Waals surface area contributed by atoms with Crippen LogP contribution in [0, 0.1) is 0 Å². The first-order valence-corrected chi connectivity index (χ1v) is 8.40. The van der Waals surface area contributed by atoms with E-state index in [1.54, 1.807) is 0 Å². The third-order valence-electron chi connectivity index (χ3n) is 4.69. The van der Waals surface area contributed by atoms with E-state index in [9.17, 15) is 5.11 Å². The molecule has 1 heterocycles. The van der Waals surface area contributed by atoms with E-state index in [4.69, 9.17) is 0 Å². The number of β-amino-alcohol motifs (C(OH)–C–C–N with tert-alkyl or cyclic N) is 1. The zero-order valence-corrected chi connectivity index (χ0v) is 16.0. The lowest BCUT2D eigenvalue weighted by molar-refractivity contribution is 0.0675. The molecule has 134 valence electrons. The van der Waals surface area contributed by atoms with Crippen molar-refractivity contribution in [3.8, 4) is 0 Å². The zero-order valence-electron chi connectivity index (χ0n) is 14.4. The predicted molar refractivity (Wildman–Crippen MR) is 103 cm³/mol. The van der Waals surface area contributed by atoms with Gasteiger partial charge in [0.05, 0.1) is 6.10 Å². The van der Waals surface area contributed by atoms with Gasteiger partial charge in [0.2, 0.25) is 0 Å². The molecule has 1 unspecified atom stereocenters. The van der Waals surface area contributed by atoms with E-state index in [1.165, 1.54) is 18.4 Å². The summed E-state index contributed by atoms with van der Waals surface area (Å²) < 4.78 is 0. The van der Waals surface area contributed by atoms with Crippen molar-refractivity contribution in [2.24, 2.45) is 0 Å². The van der Waals surface area contributed by atoms with Crippen molar-refractivity contribution in [3.63, 3.8) is 0 Å². The molecular weight excluding hydrogens is 331 g/mol. The lowest BCUT2D eigenvalue weighted by Gasteiger charge is -2.34. The Morgan fingerprint density at radius 1 is 1.09 bits per heavy atom. The fourth-order valence-electron chi connectivity index (χ4n) is 3.31. The molecule has 0 saturated carbocycles. The molecule has 1 aromatic rings. The highest BCUT2D eigenvalue weighted by molar-refractivity contribution is 5.85. The van der Waals surface area contributed by atoms with E-state index in [2.05, 4.69) is 54.0 Å². The van der Waals surface area contributed by atoms with Crippen LogP contribution in [0.4, 0.5) is 0 Å². The molecular formula is C18H32Cl2N2O. The highest BCUT2D eigenvalue weighted by atomic mass is 35.5. The molecule has 5 heteroatoms. The van der Waals surface area contributed by atoms with Crippen LogP contribution in [0.5, 0.6) is 0 Å². The second-order valence-electron chi connectivity index (χ2n) is 6.13. The Labute approximate surface area is 153 Å². The maximum atomic E-state index is 10.2. The molecule has 0 radical (unpaired) electrons. The summed E-state index contributed by atoms with van der Waals surface area (Å²) in [6.07, 6.45) is 2.20. The molecule has 1 aliphatic heterocycles. The Hall–Kier alpha value is -0.320. The van der Waals surface area contributed by atoms with Crippen molar-refractivity contribution in [1.82, 2.24) is 9.80 Å². The summed E-state index contributed by atoms with van der Waals surface area (Å²) in [5, 5.41) is 10.2. The zero-order chi connectivity index (χ0) is 15.1. The van der Waals surface area contributed by atoms with Gasteiger partial charge in [0.1, 0.15) is 0 Å². The van der Waals surface area contributed by atoms with Gasteiger partial charge in [0.25, 0.3) is 0 Å². The Morgan fingerprint density at radius 2 is 1.65 bits per heavy atom. The second kappa shape index (κ2) is 12.1. The molecule has 23 heavy (non-hydrogen) atoms. The lowest BCUT2D eigenvalue weighted by Crippen LogP contribution is -2.43. The molecule has 1 fully saturated rings. The van der Waals surface area contributed by atoms with E-state index in [1.807, 2.05) is 0 Å². The molecule has 2 rings (SSSR count). The largest absolute Gasteiger partial charge is 0.390 e. The van der Waals surface area contributed by atoms with Gasteiger partial charge in [0.15, 0.2) is 0 Å². The average Bonchev–Trinajstić information content (AvgIpc) is 2.54. The summed E-state index contributed by atoms with van der Waals surface area (Å²) in [6, 6.07) is 10.8. The highest BCUT2D eigenvalue weighted by Crippen LogP contribution is 2.27. The monoisotopic (exact) mass is 362 g/mol. The summed E-state index contributed by atoms with van der Waals surface area (Å²) >= 11 is 0. The quantitative estimate of drug-likeness (QED) is 0.804. The molecule has 0 aromatic heterocycles. The SMILES string of the molecule is CCN(CC)CC(O)CN1CCC(c2ccccc2)CC1.Cl.Cl. The molecule has 1 saturated heterocycles. The number of hydrogen-bond acceptors (Lipinski definition) is 3. The van der Waals surface area contributed by atoms with Crippen molar-refractivity contribution in [2.45, 2.75) is 38.7 Å². The van der Waals surface area contributed by atoms with Gasteiger partial charge in [0, 0.05) is 13.1 Å². The number of aliphatic hydroxyl groups is 1. The van der Waals surface area contributed by atoms with Gasteiger partial charge in [-0.25, -0.2) is 0 Å². The van der Waals surface area contributed by atoms with Crippen LogP contribution >= 0.6 is 24.8 Å². The van der Waals surface area contributed by atoms with Gasteiger partial charge in [-0.05, 0) is 50.5 Å². The van der Waals surface area contributed by atoms with Gasteiger partial charge in [-0.3, -0.25) is 0 Å². The normalized spacial score (nSPS) is 17.4. The number of benzene rings is 1. The van der Waals surface area contributed by atoms with Crippen LogP contribution in [0.2, 0.25) is 0 Å². The second-order valence-corrected chi connectivity index (χ2v) is 6.13. The van der Waals surface area contributed by atoms with Gasteiger partial charge in [-0.1, -0.05) is 44.2 Å². The van der Waals surface area contributed by atoms with Crippen LogP contribution in [0.25, 0.3) is 0 Å². The number of nitrogens with zero attached hydrogens (tertiary/aromatic N) is 2. The van der Waals surface area contributed by atoms with E-state index in [0.29, 0.717) is 5.92 Å². The summed E-state index contributed by atoms with van der Waals surface area (Å²) in [5.41, 5.74) is 1.47. The van der Waals surface area contributed by atoms with Gasteiger partial charge < -0.3 is 14.9 Å². The first-order chi connectivity index (χ1) is 10.2. The molecule has 0 spiro atoms. The maximum Gasteiger partial charge on any atom is 0.0793 e. The Bertz CT molecular complexity index is 393. The first-order valence-electron chi connectivity index (χ1n) is 8.40. The number of rotatable bonds is 7. The van der Waals surface area contributed by atoms with Crippen LogP contribution in [0.1, 0.15) is 38.2 Å². The minimum Gasteiger partial charge on any atom is -0.390 e. The standard InChI is InChI=1S/C18H30N2O.2ClH/c1-3-19(4-2)14-18(21)15-20-12-10-17(11-13-20)16-8-6-5-7-9-16;;/h5-9,17-18,21H,3-4,10-15H2,1-2H3;2*1H. The molecule has 1 atom stereocenters. The first kappa shape index (κ1) is 22.7. The molecule has 3 nitrogen and oxygen atoms in total. The van der Waals surface area contributed by atoms with Crippen molar-refractivity contribution < 1.29 is 5.11 Å². The minimum absolute atomic E-state index is 0. The Balaban J connectivity index is 0.00000242. The van der Waals surface area contributed by atoms with Crippen molar-refractivity contribution in [1.29, 1.82) is 0 Å². The predicted octanol–water partition coefficient (Wildman–Crippen LogP) is 3.41. The smallest absolute Gasteiger partial charge is 0.0793 e. The fraction of sp³-hybridized carbons (Fsp3) is 0.667. The van der Waals surface area contributed by atoms with Crippen molar-refractivity contribution in [3.05, 3.63) is 35.9 Å². The van der Waals surface area contributed by atoms with Gasteiger partial charge in [-0.15, -0.1) is 24.8 Å². The number of piperidine rings is 1. The number of hydrogen-bond donors (Lipinski definition) is 1. The summed E-state index contributed by atoms with van der Waals surface area (Å²) in [7, 11) is 0. The third-order valence-corrected chi connectivity index (χ3v) is 4.69. The molecule has 1 aromatic carbocycles. The Kier molecular flexibility index (Phi) is 11.9. The topological polar surface area (TPSA) is 26.7 Å². The van der Waals surface area contributed by atoms with Crippen LogP contribution in [-0.2, 0) is 0 Å². The van der Waals surface area contributed by atoms with Crippen molar-refractivity contribution in [2.75, 3.05) is 39.3 Å². The van der Waals surface area contributed by atoms with E-state index in [-0.39, 0.29) is 30.9 Å². The number of halogens is 2. The van der Waals surface area contributed by atoms with Crippen LogP contribution < -0.4 is 0 Å². The van der Waals surface area contributed by atoms with Crippen LogP contribution in [0.15, 0.2) is 30.3 Å². The molecule has 1 aliphatic rings. The van der Waals surface area contributed by atoms with E-state index >= 15 is 0 Å². The average molecular weight is 363 g/mol. The summed E-state index contributed by atoms with van der Waals surface area (Å²) in [5.74, 6) is 0.697. The molecule has 0 aliphatic carbocycles. The lowest BCUT2D eigenvalue weighted by atomic mass is 9.89. The maximum absolute atomic E-state index is 10.2. The van der Waals surface area contributed by atoms with Crippen LogP contribution in [0.3, 0.4) is 0 Å². The third kappa shape index (κ3) is 7.40. The van der Waals surface area contributed by atoms with Crippen molar-refractivity contribution >= 4 is 24.8 Å². The number of aliphatic hydroxyl groups excluding tert-OH is 1. The summed E-state index contributed by atoms with van der Waals surface area (Å²) in [4.78, 5) is 4.72. The fourth-order valence-corrected chi connectivity index (χ4v) is 3.31.